The van der Waals surface area contributed by atoms with Gasteiger partial charge in [-0.3, -0.25) is 10.1 Å². The summed E-state index contributed by atoms with van der Waals surface area (Å²) in [5.74, 6) is 0.718. The van der Waals surface area contributed by atoms with Crippen molar-refractivity contribution in [2.24, 2.45) is 0 Å². The predicted molar refractivity (Wildman–Crippen MR) is 95.9 cm³/mol. The number of rotatable bonds is 7. The second-order valence-electron chi connectivity index (χ2n) is 5.58. The molecule has 0 fully saturated rings. The van der Waals surface area contributed by atoms with Gasteiger partial charge in [0.05, 0.1) is 16.4 Å². The Morgan fingerprint density at radius 3 is 2.56 bits per heavy atom. The van der Waals surface area contributed by atoms with Crippen LogP contribution in [0, 0.1) is 10.1 Å². The molecule has 0 amide bonds. The van der Waals surface area contributed by atoms with E-state index in [1.54, 1.807) is 0 Å². The zero-order chi connectivity index (χ0) is 18.6. The smallest absolute Gasteiger partial charge is 0.293 e. The fourth-order valence-electron chi connectivity index (χ4n) is 2.37. The van der Waals surface area contributed by atoms with Gasteiger partial charge in [-0.2, -0.15) is 0 Å². The molecule has 0 spiro atoms. The summed E-state index contributed by atoms with van der Waals surface area (Å²) in [5.41, 5.74) is 0.870. The third kappa shape index (κ3) is 4.69. The first-order valence-electron chi connectivity index (χ1n) is 7.70. The van der Waals surface area contributed by atoms with Crippen LogP contribution < -0.4 is 10.1 Å². The summed E-state index contributed by atoms with van der Waals surface area (Å²) in [7, 11) is -3.52. The number of nitrogens with zero attached hydrogens (tertiary/aromatic N) is 1. The van der Waals surface area contributed by atoms with Crippen LogP contribution in [0.15, 0.2) is 47.4 Å². The first-order chi connectivity index (χ1) is 11.7. The molecule has 0 aliphatic carbocycles. The topological polar surface area (TPSA) is 98.5 Å². The van der Waals surface area contributed by atoms with E-state index in [4.69, 9.17) is 4.74 Å². The van der Waals surface area contributed by atoms with Crippen molar-refractivity contribution in [1.82, 2.24) is 0 Å². The first kappa shape index (κ1) is 18.7. The van der Waals surface area contributed by atoms with Crippen LogP contribution in [-0.2, 0) is 9.84 Å². The van der Waals surface area contributed by atoms with Crippen LogP contribution in [-0.4, -0.2) is 26.2 Å². The second kappa shape index (κ2) is 7.52. The third-order valence-electron chi connectivity index (χ3n) is 3.64. The fourth-order valence-corrected chi connectivity index (χ4v) is 3.01. The van der Waals surface area contributed by atoms with Gasteiger partial charge in [-0.05, 0) is 43.7 Å². The molecule has 1 unspecified atom stereocenters. The Kier molecular flexibility index (Phi) is 5.63. The molecule has 2 rings (SSSR count). The molecule has 0 aliphatic heterocycles. The van der Waals surface area contributed by atoms with E-state index >= 15 is 0 Å². The van der Waals surface area contributed by atoms with E-state index in [0.29, 0.717) is 6.61 Å². The van der Waals surface area contributed by atoms with Crippen molar-refractivity contribution >= 4 is 21.2 Å². The van der Waals surface area contributed by atoms with Crippen molar-refractivity contribution in [3.8, 4) is 5.75 Å². The Balaban J connectivity index is 2.33. The van der Waals surface area contributed by atoms with Gasteiger partial charge in [0.25, 0.3) is 5.69 Å². The molecule has 134 valence electrons. The zero-order valence-electron chi connectivity index (χ0n) is 14.2. The van der Waals surface area contributed by atoms with Gasteiger partial charge in [0.2, 0.25) is 0 Å². The second-order valence-corrected chi connectivity index (χ2v) is 7.60. The summed E-state index contributed by atoms with van der Waals surface area (Å²) >= 11 is 0. The standard InChI is InChI=1S/C17H20N2O5S/c1-4-24-14-7-5-6-13(10-14)12(2)18-16-9-8-15(25(3,22)23)11-17(16)19(20)21/h5-12,18H,4H2,1-3H3. The number of nitro groups is 1. The van der Waals surface area contributed by atoms with Crippen molar-refractivity contribution in [3.05, 3.63) is 58.1 Å². The maximum Gasteiger partial charge on any atom is 0.293 e. The first-order valence-corrected chi connectivity index (χ1v) is 9.59. The van der Waals surface area contributed by atoms with Crippen molar-refractivity contribution in [3.63, 3.8) is 0 Å². The number of anilines is 1. The van der Waals surface area contributed by atoms with Crippen LogP contribution >= 0.6 is 0 Å². The minimum Gasteiger partial charge on any atom is -0.494 e. The molecule has 0 aliphatic rings. The van der Waals surface area contributed by atoms with E-state index < -0.39 is 14.8 Å². The highest BCUT2D eigenvalue weighted by atomic mass is 32.2. The molecule has 0 radical (unpaired) electrons. The normalized spacial score (nSPS) is 12.4. The summed E-state index contributed by atoms with van der Waals surface area (Å²) in [6.45, 7) is 4.30. The molecule has 7 nitrogen and oxygen atoms in total. The number of hydrogen-bond donors (Lipinski definition) is 1. The predicted octanol–water partition coefficient (Wildman–Crippen LogP) is 3.57. The Morgan fingerprint density at radius 2 is 1.96 bits per heavy atom. The molecule has 0 heterocycles. The highest BCUT2D eigenvalue weighted by Crippen LogP contribution is 2.31. The number of nitrogens with one attached hydrogen (secondary N) is 1. The molecular weight excluding hydrogens is 344 g/mol. The SMILES string of the molecule is CCOc1cccc(C(C)Nc2ccc(S(C)(=O)=O)cc2[N+](=O)[O-])c1. The van der Waals surface area contributed by atoms with Crippen molar-refractivity contribution < 1.29 is 18.1 Å². The lowest BCUT2D eigenvalue weighted by Gasteiger charge is -2.17. The lowest BCUT2D eigenvalue weighted by molar-refractivity contribution is -0.384. The summed E-state index contributed by atoms with van der Waals surface area (Å²) in [6.07, 6.45) is 1.01. The van der Waals surface area contributed by atoms with E-state index in [2.05, 4.69) is 5.32 Å². The maximum absolute atomic E-state index is 11.6. The van der Waals surface area contributed by atoms with Crippen LogP contribution in [0.5, 0.6) is 5.75 Å². The third-order valence-corrected chi connectivity index (χ3v) is 4.75. The van der Waals surface area contributed by atoms with E-state index in [1.807, 2.05) is 38.1 Å². The van der Waals surface area contributed by atoms with E-state index in [0.717, 1.165) is 23.6 Å². The van der Waals surface area contributed by atoms with Crippen LogP contribution in [0.4, 0.5) is 11.4 Å². The van der Waals surface area contributed by atoms with Crippen LogP contribution in [0.2, 0.25) is 0 Å². The highest BCUT2D eigenvalue weighted by molar-refractivity contribution is 7.90. The van der Waals surface area contributed by atoms with Gasteiger partial charge in [-0.15, -0.1) is 0 Å². The largest absolute Gasteiger partial charge is 0.494 e. The molecule has 0 aromatic heterocycles. The molecule has 1 N–H and O–H groups in total. The van der Waals surface area contributed by atoms with Gasteiger partial charge in [0, 0.05) is 18.4 Å². The Bertz CT molecular complexity index is 880. The van der Waals surface area contributed by atoms with Crippen molar-refractivity contribution in [2.75, 3.05) is 18.2 Å². The van der Waals surface area contributed by atoms with Crippen LogP contribution in [0.3, 0.4) is 0 Å². The lowest BCUT2D eigenvalue weighted by Crippen LogP contribution is -2.09. The van der Waals surface area contributed by atoms with Crippen LogP contribution in [0.25, 0.3) is 0 Å². The summed E-state index contributed by atoms with van der Waals surface area (Å²) < 4.78 is 28.7. The van der Waals surface area contributed by atoms with E-state index in [-0.39, 0.29) is 22.3 Å². The molecule has 2 aromatic carbocycles. The van der Waals surface area contributed by atoms with Gasteiger partial charge in [-0.1, -0.05) is 12.1 Å². The van der Waals surface area contributed by atoms with Crippen LogP contribution in [0.1, 0.15) is 25.5 Å². The fraction of sp³-hybridized carbons (Fsp3) is 0.294. The highest BCUT2D eigenvalue weighted by Gasteiger charge is 2.20. The maximum atomic E-state index is 11.6. The lowest BCUT2D eigenvalue weighted by atomic mass is 10.1. The van der Waals surface area contributed by atoms with Gasteiger partial charge >= 0.3 is 0 Å². The molecule has 2 aromatic rings. The Hall–Kier alpha value is -2.61. The molecule has 1 atom stereocenters. The van der Waals surface area contributed by atoms with E-state index in [1.165, 1.54) is 12.1 Å². The molecule has 0 saturated heterocycles. The van der Waals surface area contributed by atoms with Crippen molar-refractivity contribution in [1.29, 1.82) is 0 Å². The number of nitro benzene ring substituents is 1. The van der Waals surface area contributed by atoms with Gasteiger partial charge in [0.1, 0.15) is 11.4 Å². The molecule has 0 saturated carbocycles. The minimum atomic E-state index is -3.52. The number of sulfone groups is 1. The molecule has 0 bridgehead atoms. The Morgan fingerprint density at radius 1 is 1.24 bits per heavy atom. The van der Waals surface area contributed by atoms with Gasteiger partial charge < -0.3 is 10.1 Å². The minimum absolute atomic E-state index is 0.0873. The Labute approximate surface area is 146 Å². The van der Waals surface area contributed by atoms with Gasteiger partial charge in [-0.25, -0.2) is 8.42 Å². The monoisotopic (exact) mass is 364 g/mol. The molecule has 8 heteroatoms. The quantitative estimate of drug-likeness (QED) is 0.596. The average molecular weight is 364 g/mol. The number of ether oxygens (including phenoxy) is 1. The van der Waals surface area contributed by atoms with Crippen molar-refractivity contribution in [2.45, 2.75) is 24.8 Å². The van der Waals surface area contributed by atoms with Gasteiger partial charge in [0.15, 0.2) is 9.84 Å². The summed E-state index contributed by atoms with van der Waals surface area (Å²) in [4.78, 5) is 10.6. The van der Waals surface area contributed by atoms with E-state index in [9.17, 15) is 18.5 Å². The zero-order valence-corrected chi connectivity index (χ0v) is 15.0. The molecular formula is C17H20N2O5S. The summed E-state index contributed by atoms with van der Waals surface area (Å²) in [6, 6.07) is 11.0. The molecule has 25 heavy (non-hydrogen) atoms. The number of hydrogen-bond acceptors (Lipinski definition) is 6. The average Bonchev–Trinajstić information content (AvgIpc) is 2.54. The summed E-state index contributed by atoms with van der Waals surface area (Å²) in [5, 5.41) is 14.4. The number of benzene rings is 2.